The second-order valence-electron chi connectivity index (χ2n) is 6.76. The van der Waals surface area contributed by atoms with Crippen molar-refractivity contribution in [1.82, 2.24) is 16.0 Å². The van der Waals surface area contributed by atoms with Crippen LogP contribution in [0.3, 0.4) is 0 Å². The minimum absolute atomic E-state index is 0.0530. The molecule has 0 saturated carbocycles. The second-order valence-corrected chi connectivity index (χ2v) is 7.12. The van der Waals surface area contributed by atoms with Gasteiger partial charge >= 0.3 is 5.97 Å². The molecule has 0 aliphatic heterocycles. The predicted molar refractivity (Wildman–Crippen MR) is 119 cm³/mol. The minimum Gasteiger partial charge on any atom is -0.480 e. The normalized spacial score (nSPS) is 13.4. The molecule has 3 amide bonds. The lowest BCUT2D eigenvalue weighted by Crippen LogP contribution is -2.53. The van der Waals surface area contributed by atoms with Gasteiger partial charge < -0.3 is 44.0 Å². The molecular weight excluding hydrogens is 428 g/mol. The Bertz CT molecular complexity index is 630. The number of carboxylic acids is 1. The number of thiol groups is 1. The van der Waals surface area contributed by atoms with Crippen LogP contribution in [0.25, 0.3) is 0 Å². The van der Waals surface area contributed by atoms with Crippen molar-refractivity contribution in [3.63, 3.8) is 0 Å². The molecule has 0 spiro atoms. The smallest absolute Gasteiger partial charge is 0.327 e. The fourth-order valence-corrected chi connectivity index (χ4v) is 2.66. The molecule has 0 aromatic rings. The van der Waals surface area contributed by atoms with E-state index in [1.807, 2.05) is 0 Å². The van der Waals surface area contributed by atoms with Crippen LogP contribution in [-0.4, -0.2) is 78.3 Å². The third-order valence-corrected chi connectivity index (χ3v) is 4.49. The molecule has 31 heavy (non-hydrogen) atoms. The van der Waals surface area contributed by atoms with E-state index in [0.29, 0.717) is 45.2 Å². The van der Waals surface area contributed by atoms with E-state index < -0.39 is 48.4 Å². The van der Waals surface area contributed by atoms with Crippen molar-refractivity contribution in [3.8, 4) is 0 Å². The predicted octanol–water partition coefficient (Wildman–Crippen LogP) is -3.40. The summed E-state index contributed by atoms with van der Waals surface area (Å²) in [5.74, 6) is -3.21. The Labute approximate surface area is 186 Å². The number of guanidine groups is 1. The Morgan fingerprint density at radius 1 is 0.968 bits per heavy atom. The second kappa shape index (κ2) is 16.2. The van der Waals surface area contributed by atoms with Gasteiger partial charge in [0.1, 0.15) is 12.1 Å². The zero-order valence-corrected chi connectivity index (χ0v) is 18.3. The van der Waals surface area contributed by atoms with Crippen LogP contribution in [0.1, 0.15) is 32.1 Å². The Kier molecular flexibility index (Phi) is 14.8. The van der Waals surface area contributed by atoms with Gasteiger partial charge in [0.05, 0.1) is 12.6 Å². The summed E-state index contributed by atoms with van der Waals surface area (Å²) in [5.41, 5.74) is 21.8. The highest BCUT2D eigenvalue weighted by atomic mass is 32.1. The molecule has 178 valence electrons. The molecule has 0 aliphatic rings. The lowest BCUT2D eigenvalue weighted by Gasteiger charge is -2.21. The van der Waals surface area contributed by atoms with Crippen LogP contribution in [0.4, 0.5) is 0 Å². The molecule has 0 aliphatic carbocycles. The minimum atomic E-state index is -1.24. The molecule has 0 fully saturated rings. The number of carbonyl (C=O) groups excluding carboxylic acids is 3. The summed E-state index contributed by atoms with van der Waals surface area (Å²) in [4.78, 5) is 51.4. The maximum absolute atomic E-state index is 12.5. The molecule has 3 unspecified atom stereocenters. The molecular formula is C17H34N8O5S. The van der Waals surface area contributed by atoms with E-state index in [-0.39, 0.29) is 11.7 Å². The van der Waals surface area contributed by atoms with Crippen molar-refractivity contribution >= 4 is 42.3 Å². The lowest BCUT2D eigenvalue weighted by molar-refractivity contribution is -0.141. The summed E-state index contributed by atoms with van der Waals surface area (Å²) >= 11 is 3.84. The largest absolute Gasteiger partial charge is 0.480 e. The molecule has 0 bridgehead atoms. The SMILES string of the molecule is NCCCCC(NC(=O)C(N)CCCN=C(N)N)C(=O)NCC(=O)NC(CS)C(=O)O. The van der Waals surface area contributed by atoms with E-state index in [2.05, 4.69) is 33.6 Å². The van der Waals surface area contributed by atoms with Crippen LogP contribution in [0.5, 0.6) is 0 Å². The summed E-state index contributed by atoms with van der Waals surface area (Å²) in [6.45, 7) is 0.294. The molecule has 0 radical (unpaired) electrons. The summed E-state index contributed by atoms with van der Waals surface area (Å²) in [6, 6.07) is -2.96. The van der Waals surface area contributed by atoms with E-state index in [0.717, 1.165) is 0 Å². The lowest BCUT2D eigenvalue weighted by atomic mass is 10.1. The van der Waals surface area contributed by atoms with E-state index in [4.69, 9.17) is 28.0 Å². The maximum atomic E-state index is 12.5. The van der Waals surface area contributed by atoms with Crippen LogP contribution in [0.15, 0.2) is 4.99 Å². The number of rotatable bonds is 16. The molecule has 0 aromatic carbocycles. The number of carboxylic acid groups (broad SMARTS) is 1. The van der Waals surface area contributed by atoms with E-state index in [1.54, 1.807) is 0 Å². The van der Waals surface area contributed by atoms with Gasteiger partial charge in [0.2, 0.25) is 17.7 Å². The topological polar surface area (TPSA) is 241 Å². The highest BCUT2D eigenvalue weighted by Crippen LogP contribution is 2.03. The molecule has 12 N–H and O–H groups in total. The number of aliphatic carboxylic acids is 1. The van der Waals surface area contributed by atoms with Crippen LogP contribution >= 0.6 is 12.6 Å². The Morgan fingerprint density at radius 2 is 1.65 bits per heavy atom. The van der Waals surface area contributed by atoms with Gasteiger partial charge in [-0.25, -0.2) is 4.79 Å². The van der Waals surface area contributed by atoms with Crippen molar-refractivity contribution < 1.29 is 24.3 Å². The van der Waals surface area contributed by atoms with Crippen molar-refractivity contribution in [2.24, 2.45) is 27.9 Å². The number of hydrogen-bond acceptors (Lipinski definition) is 8. The standard InChI is InChI=1S/C17H34N8O5S/c18-6-2-1-5-11(25-14(27)10(19)4-3-7-22-17(20)21)15(28)23-8-13(26)24-12(9-31)16(29)30/h10-12,31H,1-9,18-19H2,(H,23,28)(H,24,26)(H,25,27)(H,29,30)(H4,20,21,22). The quantitative estimate of drug-likeness (QED) is 0.0479. The number of aliphatic imine (C=N–C) groups is 1. The summed E-state index contributed by atoms with van der Waals surface area (Å²) < 4.78 is 0. The van der Waals surface area contributed by atoms with Crippen molar-refractivity contribution in [3.05, 3.63) is 0 Å². The number of unbranched alkanes of at least 4 members (excludes halogenated alkanes) is 1. The van der Waals surface area contributed by atoms with Gasteiger partial charge in [0.15, 0.2) is 5.96 Å². The number of nitrogens with one attached hydrogen (secondary N) is 3. The van der Waals surface area contributed by atoms with Gasteiger partial charge in [-0.2, -0.15) is 12.6 Å². The number of nitrogens with zero attached hydrogens (tertiary/aromatic N) is 1. The summed E-state index contributed by atoms with van der Waals surface area (Å²) in [5, 5.41) is 16.1. The first-order valence-electron chi connectivity index (χ1n) is 9.84. The van der Waals surface area contributed by atoms with Crippen LogP contribution in [0.2, 0.25) is 0 Å². The third kappa shape index (κ3) is 13.4. The third-order valence-electron chi connectivity index (χ3n) is 4.12. The maximum Gasteiger partial charge on any atom is 0.327 e. The molecule has 0 heterocycles. The molecule has 0 aromatic heterocycles. The first-order chi connectivity index (χ1) is 14.6. The summed E-state index contributed by atoms with van der Waals surface area (Å²) in [6.07, 6.45) is 2.30. The van der Waals surface area contributed by atoms with Crippen molar-refractivity contribution in [1.29, 1.82) is 0 Å². The zero-order valence-electron chi connectivity index (χ0n) is 17.4. The molecule has 13 nitrogen and oxygen atoms in total. The molecule has 0 rings (SSSR count). The first-order valence-corrected chi connectivity index (χ1v) is 10.5. The van der Waals surface area contributed by atoms with Crippen LogP contribution < -0.4 is 38.9 Å². The van der Waals surface area contributed by atoms with Gasteiger partial charge in [-0.15, -0.1) is 0 Å². The number of nitrogens with two attached hydrogens (primary N) is 4. The van der Waals surface area contributed by atoms with E-state index >= 15 is 0 Å². The molecule has 0 saturated heterocycles. The monoisotopic (exact) mass is 462 g/mol. The molecule has 14 heteroatoms. The average molecular weight is 463 g/mol. The van der Waals surface area contributed by atoms with Crippen LogP contribution in [0, 0.1) is 0 Å². The highest BCUT2D eigenvalue weighted by Gasteiger charge is 2.24. The van der Waals surface area contributed by atoms with Crippen molar-refractivity contribution in [2.75, 3.05) is 25.4 Å². The van der Waals surface area contributed by atoms with Gasteiger partial charge in [-0.05, 0) is 38.6 Å². The highest BCUT2D eigenvalue weighted by molar-refractivity contribution is 7.80. The number of amides is 3. The average Bonchev–Trinajstić information content (AvgIpc) is 2.71. The Balaban J connectivity index is 4.75. The fraction of sp³-hybridized carbons (Fsp3) is 0.706. The summed E-state index contributed by atoms with van der Waals surface area (Å²) in [7, 11) is 0. The number of carbonyl (C=O) groups is 4. The molecule has 3 atom stereocenters. The van der Waals surface area contributed by atoms with E-state index in [1.165, 1.54) is 0 Å². The Morgan fingerprint density at radius 3 is 2.19 bits per heavy atom. The van der Waals surface area contributed by atoms with E-state index in [9.17, 15) is 19.2 Å². The van der Waals surface area contributed by atoms with Gasteiger partial charge in [-0.3, -0.25) is 19.4 Å². The fourth-order valence-electron chi connectivity index (χ4n) is 2.41. The van der Waals surface area contributed by atoms with Crippen molar-refractivity contribution in [2.45, 2.75) is 50.2 Å². The van der Waals surface area contributed by atoms with Gasteiger partial charge in [-0.1, -0.05) is 0 Å². The first kappa shape index (κ1) is 28.4. The van der Waals surface area contributed by atoms with Crippen LogP contribution in [-0.2, 0) is 19.2 Å². The zero-order chi connectivity index (χ0) is 23.8. The number of hydrogen-bond donors (Lipinski definition) is 9. The Hall–Kier alpha value is -2.58. The van der Waals surface area contributed by atoms with Gasteiger partial charge in [0.25, 0.3) is 0 Å². The van der Waals surface area contributed by atoms with Gasteiger partial charge in [0, 0.05) is 12.3 Å².